The number of rotatable bonds is 3. The molecule has 3 saturated heterocycles. The summed E-state index contributed by atoms with van der Waals surface area (Å²) >= 11 is 0. The van der Waals surface area contributed by atoms with E-state index in [1.165, 1.54) is 38.5 Å². The quantitative estimate of drug-likeness (QED) is 0.777. The lowest BCUT2D eigenvalue weighted by Crippen LogP contribution is -2.59. The molecule has 0 unspecified atom stereocenters. The first-order valence-corrected chi connectivity index (χ1v) is 10.5. The number of likely N-dealkylation sites (tertiary alicyclic amines) is 2. The van der Waals surface area contributed by atoms with Crippen LogP contribution < -0.4 is 0 Å². The van der Waals surface area contributed by atoms with Crippen LogP contribution in [0.2, 0.25) is 0 Å². The molecule has 3 aliphatic rings. The Kier molecular flexibility index (Phi) is 6.39. The van der Waals surface area contributed by atoms with Crippen molar-refractivity contribution < 1.29 is 4.79 Å². The molecule has 5 nitrogen and oxygen atoms in total. The van der Waals surface area contributed by atoms with Gasteiger partial charge in [0.25, 0.3) is 0 Å². The minimum atomic E-state index is 0.199. The van der Waals surface area contributed by atoms with Gasteiger partial charge in [-0.25, -0.2) is 0 Å². The minimum Gasteiger partial charge on any atom is -0.340 e. The van der Waals surface area contributed by atoms with E-state index >= 15 is 0 Å². The number of piperidine rings is 2. The summed E-state index contributed by atoms with van der Waals surface area (Å²) in [5, 5.41) is 0. The number of hydrogen-bond donors (Lipinski definition) is 0. The first-order chi connectivity index (χ1) is 12.0. The molecule has 0 radical (unpaired) electrons. The SMILES string of the molecule is CC[C@@H]1CCCCN1CC(=O)N1CCCN(C)C2(CCN(C)CC2)C1. The van der Waals surface area contributed by atoms with E-state index in [0.29, 0.717) is 18.5 Å². The van der Waals surface area contributed by atoms with Gasteiger partial charge in [0.2, 0.25) is 5.91 Å². The summed E-state index contributed by atoms with van der Waals surface area (Å²) in [4.78, 5) is 22.8. The fourth-order valence-corrected chi connectivity index (χ4v) is 5.08. The molecule has 1 atom stereocenters. The van der Waals surface area contributed by atoms with E-state index in [0.717, 1.165) is 45.7 Å². The molecule has 0 saturated carbocycles. The van der Waals surface area contributed by atoms with Crippen LogP contribution in [0.15, 0.2) is 0 Å². The van der Waals surface area contributed by atoms with E-state index in [1.807, 2.05) is 0 Å². The van der Waals surface area contributed by atoms with Gasteiger partial charge >= 0.3 is 0 Å². The normalized spacial score (nSPS) is 29.7. The van der Waals surface area contributed by atoms with E-state index in [2.05, 4.69) is 40.6 Å². The van der Waals surface area contributed by atoms with E-state index in [9.17, 15) is 4.79 Å². The van der Waals surface area contributed by atoms with Gasteiger partial charge in [0.05, 0.1) is 6.54 Å². The summed E-state index contributed by atoms with van der Waals surface area (Å²) in [5.41, 5.74) is 0.199. The Balaban J connectivity index is 1.65. The van der Waals surface area contributed by atoms with Gasteiger partial charge < -0.3 is 9.80 Å². The highest BCUT2D eigenvalue weighted by Gasteiger charge is 2.41. The Hall–Kier alpha value is -0.650. The van der Waals surface area contributed by atoms with E-state index in [4.69, 9.17) is 0 Å². The molecular formula is C20H38N4O. The molecule has 0 aromatic carbocycles. The number of carbonyl (C=O) groups excluding carboxylic acids is 1. The molecule has 3 fully saturated rings. The molecule has 0 N–H and O–H groups in total. The Labute approximate surface area is 154 Å². The van der Waals surface area contributed by atoms with Crippen LogP contribution in [0, 0.1) is 0 Å². The average Bonchev–Trinajstić information content (AvgIpc) is 2.78. The number of hydrogen-bond acceptors (Lipinski definition) is 4. The molecule has 0 aromatic heterocycles. The van der Waals surface area contributed by atoms with Crippen LogP contribution in [0.3, 0.4) is 0 Å². The Morgan fingerprint density at radius 1 is 1.00 bits per heavy atom. The number of nitrogens with zero attached hydrogens (tertiary/aromatic N) is 4. The molecule has 3 heterocycles. The van der Waals surface area contributed by atoms with E-state index < -0.39 is 0 Å². The fourth-order valence-electron chi connectivity index (χ4n) is 5.08. The molecule has 0 aromatic rings. The van der Waals surface area contributed by atoms with Crippen molar-refractivity contribution in [1.82, 2.24) is 19.6 Å². The lowest BCUT2D eigenvalue weighted by molar-refractivity contribution is -0.135. The van der Waals surface area contributed by atoms with Crippen molar-refractivity contribution >= 4 is 5.91 Å². The van der Waals surface area contributed by atoms with Crippen LogP contribution in [0.1, 0.15) is 51.9 Å². The molecule has 5 heteroatoms. The Bertz CT molecular complexity index is 447. The zero-order chi connectivity index (χ0) is 17.9. The third-order valence-corrected chi connectivity index (χ3v) is 7.05. The lowest BCUT2D eigenvalue weighted by atomic mass is 9.85. The number of carbonyl (C=O) groups is 1. The highest BCUT2D eigenvalue weighted by Crippen LogP contribution is 2.31. The third kappa shape index (κ3) is 4.37. The zero-order valence-electron chi connectivity index (χ0n) is 16.7. The largest absolute Gasteiger partial charge is 0.340 e. The van der Waals surface area contributed by atoms with E-state index in [1.54, 1.807) is 0 Å². The van der Waals surface area contributed by atoms with Crippen molar-refractivity contribution in [2.45, 2.75) is 63.5 Å². The van der Waals surface area contributed by atoms with Crippen molar-refractivity contribution in [2.75, 3.05) is 59.9 Å². The predicted molar refractivity (Wildman–Crippen MR) is 103 cm³/mol. The topological polar surface area (TPSA) is 30.0 Å². The average molecular weight is 351 g/mol. The van der Waals surface area contributed by atoms with Crippen molar-refractivity contribution in [3.8, 4) is 0 Å². The first kappa shape index (κ1) is 19.1. The Morgan fingerprint density at radius 3 is 2.48 bits per heavy atom. The maximum absolute atomic E-state index is 13.1. The van der Waals surface area contributed by atoms with Crippen LogP contribution in [-0.2, 0) is 4.79 Å². The van der Waals surface area contributed by atoms with Gasteiger partial charge in [-0.3, -0.25) is 14.6 Å². The van der Waals surface area contributed by atoms with E-state index in [-0.39, 0.29) is 5.54 Å². The maximum atomic E-state index is 13.1. The zero-order valence-corrected chi connectivity index (χ0v) is 16.7. The lowest BCUT2D eigenvalue weighted by Gasteiger charge is -2.47. The standard InChI is InChI=1S/C20H38N4O/c1-4-18-8-5-6-12-23(18)16-19(25)24-13-7-11-22(3)20(17-24)9-14-21(2)15-10-20/h18H,4-17H2,1-3H3/t18-/m1/s1. The molecule has 25 heavy (non-hydrogen) atoms. The fraction of sp³-hybridized carbons (Fsp3) is 0.950. The second-order valence-corrected chi connectivity index (χ2v) is 8.65. The van der Waals surface area contributed by atoms with Gasteiger partial charge in [0.15, 0.2) is 0 Å². The van der Waals surface area contributed by atoms with Crippen molar-refractivity contribution in [3.63, 3.8) is 0 Å². The molecule has 0 bridgehead atoms. The second kappa shape index (κ2) is 8.36. The molecule has 1 spiro atoms. The summed E-state index contributed by atoms with van der Waals surface area (Å²) in [6.45, 7) is 9.29. The molecule has 3 aliphatic heterocycles. The highest BCUT2D eigenvalue weighted by molar-refractivity contribution is 5.78. The van der Waals surface area contributed by atoms with Crippen LogP contribution >= 0.6 is 0 Å². The predicted octanol–water partition coefficient (Wildman–Crippen LogP) is 1.88. The van der Waals surface area contributed by atoms with Gasteiger partial charge in [-0.05, 0) is 72.3 Å². The van der Waals surface area contributed by atoms with Crippen LogP contribution in [0.5, 0.6) is 0 Å². The molecule has 0 aliphatic carbocycles. The van der Waals surface area contributed by atoms with Gasteiger partial charge in [-0.1, -0.05) is 13.3 Å². The summed E-state index contributed by atoms with van der Waals surface area (Å²) < 4.78 is 0. The summed E-state index contributed by atoms with van der Waals surface area (Å²) in [5.74, 6) is 0.369. The smallest absolute Gasteiger partial charge is 0.236 e. The molecular weight excluding hydrogens is 312 g/mol. The first-order valence-electron chi connectivity index (χ1n) is 10.5. The number of amides is 1. The van der Waals surface area contributed by atoms with Gasteiger partial charge in [0.1, 0.15) is 0 Å². The minimum absolute atomic E-state index is 0.199. The third-order valence-electron chi connectivity index (χ3n) is 7.05. The van der Waals surface area contributed by atoms with Crippen LogP contribution in [-0.4, -0.2) is 97.0 Å². The monoisotopic (exact) mass is 350 g/mol. The van der Waals surface area contributed by atoms with Crippen LogP contribution in [0.4, 0.5) is 0 Å². The van der Waals surface area contributed by atoms with Crippen molar-refractivity contribution in [3.05, 3.63) is 0 Å². The molecule has 144 valence electrons. The Morgan fingerprint density at radius 2 is 1.76 bits per heavy atom. The second-order valence-electron chi connectivity index (χ2n) is 8.65. The van der Waals surface area contributed by atoms with Crippen molar-refractivity contribution in [1.29, 1.82) is 0 Å². The maximum Gasteiger partial charge on any atom is 0.236 e. The number of likely N-dealkylation sites (N-methyl/N-ethyl adjacent to an activating group) is 1. The van der Waals surface area contributed by atoms with Crippen molar-refractivity contribution in [2.24, 2.45) is 0 Å². The van der Waals surface area contributed by atoms with Gasteiger partial charge in [-0.2, -0.15) is 0 Å². The summed E-state index contributed by atoms with van der Waals surface area (Å²) in [6, 6.07) is 0.615. The van der Waals surface area contributed by atoms with Gasteiger partial charge in [-0.15, -0.1) is 0 Å². The van der Waals surface area contributed by atoms with Crippen LogP contribution in [0.25, 0.3) is 0 Å². The molecule has 3 rings (SSSR count). The highest BCUT2D eigenvalue weighted by atomic mass is 16.2. The van der Waals surface area contributed by atoms with Gasteiger partial charge in [0, 0.05) is 31.2 Å². The molecule has 1 amide bonds. The summed E-state index contributed by atoms with van der Waals surface area (Å²) in [7, 11) is 4.49. The summed E-state index contributed by atoms with van der Waals surface area (Å²) in [6.07, 6.45) is 8.50.